The van der Waals surface area contributed by atoms with Crippen LogP contribution in [0.5, 0.6) is 11.5 Å². The zero-order chi connectivity index (χ0) is 22.5. The van der Waals surface area contributed by atoms with Gasteiger partial charge in [0.15, 0.2) is 5.76 Å². The fourth-order valence-corrected chi connectivity index (χ4v) is 3.70. The summed E-state index contributed by atoms with van der Waals surface area (Å²) in [5.74, 6) is 1.38. The number of rotatable bonds is 6. The van der Waals surface area contributed by atoms with Gasteiger partial charge in [0, 0.05) is 6.07 Å². The molecule has 0 bridgehead atoms. The molecule has 0 aliphatic carbocycles. The van der Waals surface area contributed by atoms with Gasteiger partial charge in [0.1, 0.15) is 18.1 Å². The molecule has 0 aromatic heterocycles. The van der Waals surface area contributed by atoms with E-state index in [9.17, 15) is 4.79 Å². The molecule has 1 aliphatic rings. The van der Waals surface area contributed by atoms with Crippen LogP contribution in [0.3, 0.4) is 0 Å². The monoisotopic (exact) mass is 430 g/mol. The van der Waals surface area contributed by atoms with E-state index in [1.54, 1.807) is 24.3 Å². The molecular formula is C30H22O3. The Kier molecular flexibility index (Phi) is 5.85. The minimum absolute atomic E-state index is 0.118. The first-order valence-corrected chi connectivity index (χ1v) is 10.8. The summed E-state index contributed by atoms with van der Waals surface area (Å²) in [6.45, 7) is 0.429. The van der Waals surface area contributed by atoms with Crippen LogP contribution < -0.4 is 9.47 Å². The Labute approximate surface area is 193 Å². The summed E-state index contributed by atoms with van der Waals surface area (Å²) in [4.78, 5) is 12.8. The number of hydrogen-bond acceptors (Lipinski definition) is 3. The molecule has 0 saturated heterocycles. The van der Waals surface area contributed by atoms with E-state index in [1.165, 1.54) is 0 Å². The maximum atomic E-state index is 12.8. The highest BCUT2D eigenvalue weighted by Gasteiger charge is 2.27. The van der Waals surface area contributed by atoms with Gasteiger partial charge in [-0.15, -0.1) is 0 Å². The average molecular weight is 431 g/mol. The van der Waals surface area contributed by atoms with Crippen LogP contribution in [-0.2, 0) is 0 Å². The summed E-state index contributed by atoms with van der Waals surface area (Å²) in [5.41, 5.74) is 4.87. The second-order valence-corrected chi connectivity index (χ2v) is 7.71. The first kappa shape index (κ1) is 20.5. The fraction of sp³-hybridized carbons (Fsp3) is 0.0333. The average Bonchev–Trinajstić information content (AvgIpc) is 3.18. The molecule has 4 aromatic rings. The van der Waals surface area contributed by atoms with Crippen LogP contribution in [0.15, 0.2) is 115 Å². The second kappa shape index (κ2) is 9.41. The standard InChI is InChI=1S/C30H22O3/c31-30-27-18-17-26(32-19-7-10-22-8-3-1-4-9-22)21-28(27)33-29(30)20-23-13-15-25(16-14-23)24-11-5-2-6-12-24/h1-18,20-21H,19H2. The third-order valence-electron chi connectivity index (χ3n) is 5.41. The summed E-state index contributed by atoms with van der Waals surface area (Å²) in [6, 6.07) is 33.6. The molecule has 3 heteroatoms. The normalized spacial score (nSPS) is 13.8. The Morgan fingerprint density at radius 2 is 1.42 bits per heavy atom. The number of Topliss-reactive ketones (excluding diaryl/α,β-unsaturated/α-hetero) is 1. The van der Waals surface area contributed by atoms with Gasteiger partial charge in [-0.25, -0.2) is 0 Å². The van der Waals surface area contributed by atoms with Crippen molar-refractivity contribution >= 4 is 17.9 Å². The Morgan fingerprint density at radius 3 is 2.18 bits per heavy atom. The van der Waals surface area contributed by atoms with Gasteiger partial charge in [0.2, 0.25) is 5.78 Å². The van der Waals surface area contributed by atoms with Crippen molar-refractivity contribution in [1.29, 1.82) is 0 Å². The minimum atomic E-state index is -0.118. The van der Waals surface area contributed by atoms with E-state index in [-0.39, 0.29) is 5.78 Å². The number of fused-ring (bicyclic) bond motifs is 1. The molecule has 1 aliphatic heterocycles. The second-order valence-electron chi connectivity index (χ2n) is 7.71. The van der Waals surface area contributed by atoms with Gasteiger partial charge in [-0.2, -0.15) is 0 Å². The SMILES string of the molecule is O=C1C(=Cc2ccc(-c3ccccc3)cc2)Oc2cc(OCC=Cc3ccccc3)ccc21. The van der Waals surface area contributed by atoms with Crippen molar-refractivity contribution < 1.29 is 14.3 Å². The third-order valence-corrected chi connectivity index (χ3v) is 5.41. The molecule has 0 spiro atoms. The number of allylic oxidation sites excluding steroid dienone is 1. The molecule has 33 heavy (non-hydrogen) atoms. The fourth-order valence-electron chi connectivity index (χ4n) is 3.70. The topological polar surface area (TPSA) is 35.5 Å². The third kappa shape index (κ3) is 4.78. The molecule has 0 radical (unpaired) electrons. The highest BCUT2D eigenvalue weighted by atomic mass is 16.5. The Balaban J connectivity index is 1.25. The lowest BCUT2D eigenvalue weighted by Gasteiger charge is -2.05. The summed E-state index contributed by atoms with van der Waals surface area (Å²) < 4.78 is 11.7. The van der Waals surface area contributed by atoms with Crippen molar-refractivity contribution in [2.45, 2.75) is 0 Å². The number of carbonyl (C=O) groups excluding carboxylic acids is 1. The van der Waals surface area contributed by atoms with Gasteiger partial charge >= 0.3 is 0 Å². The van der Waals surface area contributed by atoms with Crippen molar-refractivity contribution in [3.05, 3.63) is 132 Å². The van der Waals surface area contributed by atoms with Gasteiger partial charge in [-0.05, 0) is 46.5 Å². The Bertz CT molecular complexity index is 1320. The molecule has 0 amide bonds. The van der Waals surface area contributed by atoms with E-state index < -0.39 is 0 Å². The zero-order valence-corrected chi connectivity index (χ0v) is 18.0. The van der Waals surface area contributed by atoms with E-state index in [1.807, 2.05) is 84.9 Å². The predicted molar refractivity (Wildman–Crippen MR) is 132 cm³/mol. The predicted octanol–water partition coefficient (Wildman–Crippen LogP) is 7.06. The zero-order valence-electron chi connectivity index (χ0n) is 18.0. The van der Waals surface area contributed by atoms with Gasteiger partial charge in [0.05, 0.1) is 5.56 Å². The first-order chi connectivity index (χ1) is 16.3. The minimum Gasteiger partial charge on any atom is -0.489 e. The summed E-state index contributed by atoms with van der Waals surface area (Å²) in [6.07, 6.45) is 5.75. The molecule has 0 fully saturated rings. The highest BCUT2D eigenvalue weighted by molar-refractivity contribution is 6.14. The smallest absolute Gasteiger partial charge is 0.231 e. The van der Waals surface area contributed by atoms with Crippen molar-refractivity contribution in [1.82, 2.24) is 0 Å². The maximum absolute atomic E-state index is 12.8. The van der Waals surface area contributed by atoms with Crippen LogP contribution in [0.2, 0.25) is 0 Å². The van der Waals surface area contributed by atoms with Gasteiger partial charge < -0.3 is 9.47 Å². The summed E-state index contributed by atoms with van der Waals surface area (Å²) >= 11 is 0. The molecule has 0 atom stereocenters. The lowest BCUT2D eigenvalue weighted by atomic mass is 10.0. The summed E-state index contributed by atoms with van der Waals surface area (Å²) in [7, 11) is 0. The lowest BCUT2D eigenvalue weighted by Crippen LogP contribution is -1.98. The largest absolute Gasteiger partial charge is 0.489 e. The van der Waals surface area contributed by atoms with E-state index in [0.29, 0.717) is 29.4 Å². The van der Waals surface area contributed by atoms with Crippen molar-refractivity contribution in [3.63, 3.8) is 0 Å². The van der Waals surface area contributed by atoms with E-state index in [2.05, 4.69) is 12.1 Å². The maximum Gasteiger partial charge on any atom is 0.231 e. The molecule has 0 N–H and O–H groups in total. The van der Waals surface area contributed by atoms with E-state index >= 15 is 0 Å². The number of carbonyl (C=O) groups is 1. The molecule has 3 nitrogen and oxygen atoms in total. The van der Waals surface area contributed by atoms with Gasteiger partial charge in [-0.1, -0.05) is 91.0 Å². The molecule has 0 unspecified atom stereocenters. The molecule has 1 heterocycles. The molecule has 5 rings (SSSR count). The van der Waals surface area contributed by atoms with Crippen molar-refractivity contribution in [2.75, 3.05) is 6.61 Å². The van der Waals surface area contributed by atoms with Crippen LogP contribution in [0, 0.1) is 0 Å². The quantitative estimate of drug-likeness (QED) is 0.307. The van der Waals surface area contributed by atoms with Crippen LogP contribution >= 0.6 is 0 Å². The summed E-state index contributed by atoms with van der Waals surface area (Å²) in [5, 5.41) is 0. The molecule has 0 saturated carbocycles. The molecular weight excluding hydrogens is 408 g/mol. The van der Waals surface area contributed by atoms with Gasteiger partial charge in [0.25, 0.3) is 0 Å². The first-order valence-electron chi connectivity index (χ1n) is 10.8. The molecule has 4 aromatic carbocycles. The van der Waals surface area contributed by atoms with Crippen LogP contribution in [0.25, 0.3) is 23.3 Å². The van der Waals surface area contributed by atoms with Crippen molar-refractivity contribution in [2.24, 2.45) is 0 Å². The van der Waals surface area contributed by atoms with Crippen LogP contribution in [-0.4, -0.2) is 12.4 Å². The van der Waals surface area contributed by atoms with Crippen LogP contribution in [0.4, 0.5) is 0 Å². The number of benzene rings is 4. The highest BCUT2D eigenvalue weighted by Crippen LogP contribution is 2.35. The van der Waals surface area contributed by atoms with Gasteiger partial charge in [-0.3, -0.25) is 4.79 Å². The molecule has 160 valence electrons. The number of ether oxygens (including phenoxy) is 2. The Hall–Kier alpha value is -4.37. The lowest BCUT2D eigenvalue weighted by molar-refractivity contribution is 0.101. The Morgan fingerprint density at radius 1 is 0.727 bits per heavy atom. The number of ketones is 1. The van der Waals surface area contributed by atoms with Crippen molar-refractivity contribution in [3.8, 4) is 22.6 Å². The van der Waals surface area contributed by atoms with E-state index in [4.69, 9.17) is 9.47 Å². The van der Waals surface area contributed by atoms with Crippen LogP contribution in [0.1, 0.15) is 21.5 Å². The number of hydrogen-bond donors (Lipinski definition) is 0. The van der Waals surface area contributed by atoms with E-state index in [0.717, 1.165) is 22.3 Å².